The van der Waals surface area contributed by atoms with Gasteiger partial charge in [0.1, 0.15) is 0 Å². The monoisotopic (exact) mass is 358 g/mol. The topological polar surface area (TPSA) is 135 Å². The van der Waals surface area contributed by atoms with Gasteiger partial charge < -0.3 is 25.5 Å². The van der Waals surface area contributed by atoms with E-state index in [1.165, 1.54) is 0 Å². The Labute approximate surface area is 148 Å². The molecule has 0 heterocycles. The van der Waals surface area contributed by atoms with E-state index in [4.69, 9.17) is 10.2 Å². The van der Waals surface area contributed by atoms with Crippen LogP contribution in [0.4, 0.5) is 0 Å². The average Bonchev–Trinajstić information content (AvgIpc) is 2.50. The second-order valence-electron chi connectivity index (χ2n) is 6.06. The van der Waals surface area contributed by atoms with Gasteiger partial charge in [-0.25, -0.2) is 0 Å². The van der Waals surface area contributed by atoms with Crippen LogP contribution in [0.2, 0.25) is 0 Å². The van der Waals surface area contributed by atoms with Crippen LogP contribution in [0.15, 0.2) is 24.3 Å². The molecular weight excluding hydrogens is 328 g/mol. The van der Waals surface area contributed by atoms with Gasteiger partial charge >= 0.3 is 11.9 Å². The Morgan fingerprint density at radius 3 is 2.16 bits per heavy atom. The van der Waals surface area contributed by atoms with Crippen molar-refractivity contribution in [3.63, 3.8) is 0 Å². The number of allylic oxidation sites excluding steroid dienone is 3. The fourth-order valence-electron chi connectivity index (χ4n) is 2.23. The summed E-state index contributed by atoms with van der Waals surface area (Å²) in [5, 5.41) is 45.9. The SMILES string of the molecule is O=C(O)CCCC/C=C\C/C=C\[C@H](O)C[C@@H](O)CC[C@H](O)CC(=O)O. The highest BCUT2D eigenvalue weighted by Gasteiger charge is 2.14. The lowest BCUT2D eigenvalue weighted by Gasteiger charge is -2.14. The normalized spacial score (nSPS) is 15.5. The standard InChI is InChI=1S/C18H30O7/c19-14(12-15(20)10-11-16(21)13-18(24)25)8-6-4-2-1-3-5-7-9-17(22)23/h1-2,6,8,14-16,19-21H,3-5,7,9-13H2,(H,22,23)(H,24,25)/b2-1-,8-6-/t14-,15-,16-/m0/s1. The van der Waals surface area contributed by atoms with Crippen molar-refractivity contribution in [3.8, 4) is 0 Å². The molecule has 0 radical (unpaired) electrons. The van der Waals surface area contributed by atoms with Crippen LogP contribution < -0.4 is 0 Å². The third-order valence-electron chi connectivity index (χ3n) is 3.57. The lowest BCUT2D eigenvalue weighted by Crippen LogP contribution is -2.20. The Morgan fingerprint density at radius 2 is 1.52 bits per heavy atom. The molecule has 0 bridgehead atoms. The summed E-state index contributed by atoms with van der Waals surface area (Å²) in [7, 11) is 0. The summed E-state index contributed by atoms with van der Waals surface area (Å²) in [4.78, 5) is 20.7. The van der Waals surface area contributed by atoms with Crippen LogP contribution in [0.5, 0.6) is 0 Å². The maximum Gasteiger partial charge on any atom is 0.305 e. The predicted molar refractivity (Wildman–Crippen MR) is 93.1 cm³/mol. The molecule has 0 rings (SSSR count). The maximum atomic E-state index is 10.4. The Morgan fingerprint density at radius 1 is 0.840 bits per heavy atom. The van der Waals surface area contributed by atoms with Crippen molar-refractivity contribution >= 4 is 11.9 Å². The van der Waals surface area contributed by atoms with Crippen LogP contribution >= 0.6 is 0 Å². The minimum absolute atomic E-state index is 0.134. The molecule has 144 valence electrons. The molecule has 3 atom stereocenters. The maximum absolute atomic E-state index is 10.4. The number of aliphatic carboxylic acids is 2. The minimum Gasteiger partial charge on any atom is -0.481 e. The first-order valence-corrected chi connectivity index (χ1v) is 8.60. The van der Waals surface area contributed by atoms with E-state index in [-0.39, 0.29) is 32.1 Å². The molecule has 0 aliphatic rings. The van der Waals surface area contributed by atoms with Crippen LogP contribution in [0, 0.1) is 0 Å². The molecule has 0 aromatic rings. The number of aliphatic hydroxyl groups is 3. The van der Waals surface area contributed by atoms with Gasteiger partial charge in [0.25, 0.3) is 0 Å². The van der Waals surface area contributed by atoms with Crippen molar-refractivity contribution < 1.29 is 35.1 Å². The van der Waals surface area contributed by atoms with Gasteiger partial charge in [-0.2, -0.15) is 0 Å². The zero-order valence-corrected chi connectivity index (χ0v) is 14.5. The molecule has 25 heavy (non-hydrogen) atoms. The molecule has 0 aliphatic heterocycles. The molecular formula is C18H30O7. The van der Waals surface area contributed by atoms with Gasteiger partial charge in [0.2, 0.25) is 0 Å². The number of rotatable bonds is 15. The summed E-state index contributed by atoms with van der Waals surface area (Å²) in [6.07, 6.45) is 8.03. The molecule has 0 saturated heterocycles. The molecule has 0 aromatic heterocycles. The first-order valence-electron chi connectivity index (χ1n) is 8.60. The molecule has 0 fully saturated rings. The Bertz CT molecular complexity index is 431. The van der Waals surface area contributed by atoms with Crippen molar-refractivity contribution in [2.45, 2.75) is 76.1 Å². The van der Waals surface area contributed by atoms with Gasteiger partial charge in [0.15, 0.2) is 0 Å². The van der Waals surface area contributed by atoms with Crippen molar-refractivity contribution in [2.24, 2.45) is 0 Å². The molecule has 7 heteroatoms. The zero-order chi connectivity index (χ0) is 19.1. The van der Waals surface area contributed by atoms with Crippen LogP contribution in [0.1, 0.15) is 57.8 Å². The molecule has 0 amide bonds. The van der Waals surface area contributed by atoms with Gasteiger partial charge in [0.05, 0.1) is 24.7 Å². The largest absolute Gasteiger partial charge is 0.481 e. The number of carboxylic acids is 2. The molecule has 0 unspecified atom stereocenters. The molecule has 7 nitrogen and oxygen atoms in total. The Hall–Kier alpha value is -1.70. The first-order chi connectivity index (χ1) is 11.8. The van der Waals surface area contributed by atoms with Crippen LogP contribution in [0.3, 0.4) is 0 Å². The summed E-state index contributed by atoms with van der Waals surface area (Å²) in [6.45, 7) is 0. The summed E-state index contributed by atoms with van der Waals surface area (Å²) in [6, 6.07) is 0. The highest BCUT2D eigenvalue weighted by molar-refractivity contribution is 5.67. The Kier molecular flexibility index (Phi) is 13.6. The van der Waals surface area contributed by atoms with Crippen LogP contribution in [0.25, 0.3) is 0 Å². The van der Waals surface area contributed by atoms with Crippen molar-refractivity contribution in [1.82, 2.24) is 0 Å². The van der Waals surface area contributed by atoms with Crippen molar-refractivity contribution in [3.05, 3.63) is 24.3 Å². The smallest absolute Gasteiger partial charge is 0.305 e. The van der Waals surface area contributed by atoms with E-state index in [0.29, 0.717) is 12.8 Å². The number of carboxylic acid groups (broad SMARTS) is 2. The summed E-state index contributed by atoms with van der Waals surface area (Å²) < 4.78 is 0. The lowest BCUT2D eigenvalue weighted by atomic mass is 10.0. The van der Waals surface area contributed by atoms with Crippen molar-refractivity contribution in [1.29, 1.82) is 0 Å². The summed E-state index contributed by atoms with van der Waals surface area (Å²) in [5.41, 5.74) is 0. The fraction of sp³-hybridized carbons (Fsp3) is 0.667. The van der Waals surface area contributed by atoms with E-state index < -0.39 is 30.3 Å². The quantitative estimate of drug-likeness (QED) is 0.223. The van der Waals surface area contributed by atoms with E-state index in [1.54, 1.807) is 12.2 Å². The van der Waals surface area contributed by atoms with E-state index in [0.717, 1.165) is 12.8 Å². The lowest BCUT2D eigenvalue weighted by molar-refractivity contribution is -0.139. The third-order valence-corrected chi connectivity index (χ3v) is 3.57. The van der Waals surface area contributed by atoms with E-state index >= 15 is 0 Å². The van der Waals surface area contributed by atoms with Gasteiger partial charge in [-0.1, -0.05) is 24.3 Å². The summed E-state index contributed by atoms with van der Waals surface area (Å²) in [5.74, 6) is -1.86. The van der Waals surface area contributed by atoms with Crippen LogP contribution in [-0.4, -0.2) is 55.8 Å². The molecule has 0 spiro atoms. The third kappa shape index (κ3) is 16.9. The fourth-order valence-corrected chi connectivity index (χ4v) is 2.23. The molecule has 0 saturated carbocycles. The second-order valence-corrected chi connectivity index (χ2v) is 6.06. The number of aliphatic hydroxyl groups excluding tert-OH is 3. The summed E-state index contributed by atoms with van der Waals surface area (Å²) >= 11 is 0. The average molecular weight is 358 g/mol. The van der Waals surface area contributed by atoms with Gasteiger partial charge in [0, 0.05) is 12.8 Å². The molecule has 0 aliphatic carbocycles. The molecule has 0 aromatic carbocycles. The zero-order valence-electron chi connectivity index (χ0n) is 14.5. The Balaban J connectivity index is 3.75. The van der Waals surface area contributed by atoms with E-state index in [2.05, 4.69) is 0 Å². The van der Waals surface area contributed by atoms with E-state index in [9.17, 15) is 24.9 Å². The number of unbranched alkanes of at least 4 members (excludes halogenated alkanes) is 2. The number of hydrogen-bond donors (Lipinski definition) is 5. The van der Waals surface area contributed by atoms with Crippen molar-refractivity contribution in [2.75, 3.05) is 0 Å². The second kappa shape index (κ2) is 14.6. The highest BCUT2D eigenvalue weighted by Crippen LogP contribution is 2.10. The first kappa shape index (κ1) is 23.3. The predicted octanol–water partition coefficient (Wildman–Crippen LogP) is 1.86. The van der Waals surface area contributed by atoms with Crippen LogP contribution in [-0.2, 0) is 9.59 Å². The molecule has 5 N–H and O–H groups in total. The van der Waals surface area contributed by atoms with Gasteiger partial charge in [-0.15, -0.1) is 0 Å². The van der Waals surface area contributed by atoms with E-state index in [1.807, 2.05) is 12.2 Å². The number of carbonyl (C=O) groups is 2. The minimum atomic E-state index is -1.08. The van der Waals surface area contributed by atoms with Gasteiger partial charge in [-0.3, -0.25) is 9.59 Å². The van der Waals surface area contributed by atoms with Gasteiger partial charge in [-0.05, 0) is 38.5 Å². The highest BCUT2D eigenvalue weighted by atomic mass is 16.4. The number of hydrogen-bond acceptors (Lipinski definition) is 5.